The van der Waals surface area contributed by atoms with Gasteiger partial charge in [-0.15, -0.1) is 0 Å². The normalized spacial score (nSPS) is 13.5. The molecule has 0 saturated heterocycles. The Bertz CT molecular complexity index is 282. The monoisotopic (exact) mass is 330 g/mol. The lowest BCUT2D eigenvalue weighted by Crippen LogP contribution is -2.30. The fourth-order valence-corrected chi connectivity index (χ4v) is 2.18. The third-order valence-electron chi connectivity index (χ3n) is 3.97. The van der Waals surface area contributed by atoms with Gasteiger partial charge >= 0.3 is 0 Å². The molecule has 0 spiro atoms. The van der Waals surface area contributed by atoms with Crippen molar-refractivity contribution in [2.45, 2.75) is 51.1 Å². The van der Waals surface area contributed by atoms with E-state index in [1.54, 1.807) is 28.4 Å². The molecule has 0 aliphatic rings. The Balaban J connectivity index is 3.94. The lowest BCUT2D eigenvalue weighted by atomic mass is 10.2. The Morgan fingerprint density at radius 2 is 1.00 bits per heavy atom. The van der Waals surface area contributed by atoms with Gasteiger partial charge in [-0.1, -0.05) is 26.0 Å². The second-order valence-corrected chi connectivity index (χ2v) is 5.14. The summed E-state index contributed by atoms with van der Waals surface area (Å²) in [6.45, 7) is 5.39. The van der Waals surface area contributed by atoms with E-state index in [1.807, 2.05) is 38.2 Å². The lowest BCUT2D eigenvalue weighted by molar-refractivity contribution is -0.171. The van der Waals surface area contributed by atoms with Gasteiger partial charge in [0, 0.05) is 41.3 Å². The Morgan fingerprint density at radius 3 is 1.26 bits per heavy atom. The molecule has 0 amide bonds. The summed E-state index contributed by atoms with van der Waals surface area (Å²) in [5.41, 5.74) is 0. The second-order valence-electron chi connectivity index (χ2n) is 5.14. The molecule has 23 heavy (non-hydrogen) atoms. The molecule has 0 heterocycles. The molecule has 0 unspecified atom stereocenters. The lowest BCUT2D eigenvalue weighted by Gasteiger charge is -2.26. The summed E-state index contributed by atoms with van der Waals surface area (Å²) < 4.78 is 27.1. The summed E-state index contributed by atoms with van der Waals surface area (Å²) >= 11 is 0. The van der Waals surface area contributed by atoms with Crippen LogP contribution in [-0.2, 0) is 23.7 Å². The zero-order chi connectivity index (χ0) is 17.6. The van der Waals surface area contributed by atoms with Gasteiger partial charge in [-0.3, -0.25) is 0 Å². The average molecular weight is 330 g/mol. The minimum Gasteiger partial charge on any atom is -0.381 e. The van der Waals surface area contributed by atoms with Crippen LogP contribution in [0.2, 0.25) is 0 Å². The predicted octanol–water partition coefficient (Wildman–Crippen LogP) is 3.69. The standard InChI is InChI=1S/C18H34O5/c1-7-17(19-3,20-4)13-9-11-15-23-16-12-10-14-18(8-2,21-5)22-6/h9-10,13-14H,7-8,11-12,15-16H2,1-6H3/b13-9-,14-10-. The van der Waals surface area contributed by atoms with E-state index in [-0.39, 0.29) is 0 Å². The highest BCUT2D eigenvalue weighted by molar-refractivity contribution is 4.96. The van der Waals surface area contributed by atoms with E-state index in [4.69, 9.17) is 23.7 Å². The van der Waals surface area contributed by atoms with Crippen LogP contribution in [0.25, 0.3) is 0 Å². The maximum Gasteiger partial charge on any atom is 0.186 e. The number of hydrogen-bond acceptors (Lipinski definition) is 5. The first-order valence-corrected chi connectivity index (χ1v) is 8.21. The van der Waals surface area contributed by atoms with E-state index >= 15 is 0 Å². The van der Waals surface area contributed by atoms with Crippen molar-refractivity contribution in [1.82, 2.24) is 0 Å². The third kappa shape index (κ3) is 8.08. The number of methoxy groups -OCH3 is 4. The number of rotatable bonds is 14. The van der Waals surface area contributed by atoms with Gasteiger partial charge in [-0.25, -0.2) is 0 Å². The fraction of sp³-hybridized carbons (Fsp3) is 0.778. The van der Waals surface area contributed by atoms with Gasteiger partial charge in [0.1, 0.15) is 0 Å². The van der Waals surface area contributed by atoms with Crippen LogP contribution in [0.5, 0.6) is 0 Å². The summed E-state index contributed by atoms with van der Waals surface area (Å²) in [4.78, 5) is 0. The van der Waals surface area contributed by atoms with Crippen LogP contribution < -0.4 is 0 Å². The minimum absolute atomic E-state index is 0.619. The maximum atomic E-state index is 5.60. The summed E-state index contributed by atoms with van der Waals surface area (Å²) in [5.74, 6) is -1.24. The molecule has 0 aromatic rings. The average Bonchev–Trinajstić information content (AvgIpc) is 2.61. The topological polar surface area (TPSA) is 46.2 Å². The highest BCUT2D eigenvalue weighted by atomic mass is 16.7. The van der Waals surface area contributed by atoms with Crippen molar-refractivity contribution >= 4 is 0 Å². The summed E-state index contributed by atoms with van der Waals surface area (Å²) in [6.07, 6.45) is 11.1. The van der Waals surface area contributed by atoms with Crippen molar-refractivity contribution in [3.63, 3.8) is 0 Å². The Labute approximate surface area is 141 Å². The van der Waals surface area contributed by atoms with E-state index in [0.29, 0.717) is 13.2 Å². The van der Waals surface area contributed by atoms with Crippen LogP contribution in [0.1, 0.15) is 39.5 Å². The molecule has 0 radical (unpaired) electrons. The molecule has 0 saturated carbocycles. The maximum absolute atomic E-state index is 5.60. The Morgan fingerprint density at radius 1 is 0.652 bits per heavy atom. The van der Waals surface area contributed by atoms with Crippen molar-refractivity contribution in [3.05, 3.63) is 24.3 Å². The minimum atomic E-state index is -0.619. The SMILES string of the molecule is CCC(/C=C\CCOCC/C=C\C(CC)(OC)OC)(OC)OC. The van der Waals surface area contributed by atoms with E-state index in [1.165, 1.54) is 0 Å². The molecule has 0 rings (SSSR count). The first-order valence-electron chi connectivity index (χ1n) is 8.21. The van der Waals surface area contributed by atoms with Gasteiger partial charge in [0.15, 0.2) is 11.6 Å². The Kier molecular flexibility index (Phi) is 12.3. The van der Waals surface area contributed by atoms with Crippen molar-refractivity contribution < 1.29 is 23.7 Å². The largest absolute Gasteiger partial charge is 0.381 e. The molecule has 0 N–H and O–H groups in total. The van der Waals surface area contributed by atoms with Crippen LogP contribution in [0.3, 0.4) is 0 Å². The van der Waals surface area contributed by atoms with Crippen LogP contribution in [0.15, 0.2) is 24.3 Å². The van der Waals surface area contributed by atoms with E-state index in [9.17, 15) is 0 Å². The van der Waals surface area contributed by atoms with Gasteiger partial charge in [0.05, 0.1) is 13.2 Å². The van der Waals surface area contributed by atoms with Crippen molar-refractivity contribution in [2.24, 2.45) is 0 Å². The van der Waals surface area contributed by atoms with Gasteiger partial charge in [0.25, 0.3) is 0 Å². The molecular formula is C18H34O5. The first-order chi connectivity index (χ1) is 11.1. The van der Waals surface area contributed by atoms with Crippen molar-refractivity contribution in [2.75, 3.05) is 41.7 Å². The van der Waals surface area contributed by atoms with Gasteiger partial charge in [0.2, 0.25) is 0 Å². The fourth-order valence-electron chi connectivity index (χ4n) is 2.18. The number of ether oxygens (including phenoxy) is 5. The highest BCUT2D eigenvalue weighted by Crippen LogP contribution is 2.18. The molecule has 0 aromatic heterocycles. The summed E-state index contributed by atoms with van der Waals surface area (Å²) in [7, 11) is 6.60. The zero-order valence-electron chi connectivity index (χ0n) is 15.6. The van der Waals surface area contributed by atoms with Crippen LogP contribution >= 0.6 is 0 Å². The van der Waals surface area contributed by atoms with Gasteiger partial charge in [-0.2, -0.15) is 0 Å². The van der Waals surface area contributed by atoms with Gasteiger partial charge < -0.3 is 23.7 Å². The van der Waals surface area contributed by atoms with Crippen LogP contribution in [0, 0.1) is 0 Å². The molecular weight excluding hydrogens is 296 g/mol. The van der Waals surface area contributed by atoms with Crippen LogP contribution in [-0.4, -0.2) is 53.2 Å². The molecule has 0 aromatic carbocycles. The molecule has 0 bridgehead atoms. The first kappa shape index (κ1) is 22.3. The highest BCUT2D eigenvalue weighted by Gasteiger charge is 2.23. The molecule has 5 nitrogen and oxygen atoms in total. The molecule has 5 heteroatoms. The van der Waals surface area contributed by atoms with E-state index in [2.05, 4.69) is 0 Å². The quantitative estimate of drug-likeness (QED) is 0.276. The summed E-state index contributed by atoms with van der Waals surface area (Å²) in [5, 5.41) is 0. The third-order valence-corrected chi connectivity index (χ3v) is 3.97. The Hall–Kier alpha value is -0.720. The molecule has 0 fully saturated rings. The number of hydrogen-bond donors (Lipinski definition) is 0. The second kappa shape index (κ2) is 12.7. The summed E-state index contributed by atoms with van der Waals surface area (Å²) in [6, 6.07) is 0. The molecule has 0 atom stereocenters. The van der Waals surface area contributed by atoms with Crippen molar-refractivity contribution in [3.8, 4) is 0 Å². The van der Waals surface area contributed by atoms with Crippen LogP contribution in [0.4, 0.5) is 0 Å². The predicted molar refractivity (Wildman–Crippen MR) is 92.4 cm³/mol. The smallest absolute Gasteiger partial charge is 0.186 e. The van der Waals surface area contributed by atoms with E-state index < -0.39 is 11.6 Å². The van der Waals surface area contributed by atoms with Crippen molar-refractivity contribution in [1.29, 1.82) is 0 Å². The zero-order valence-corrected chi connectivity index (χ0v) is 15.6. The van der Waals surface area contributed by atoms with E-state index in [0.717, 1.165) is 25.7 Å². The molecule has 0 aliphatic carbocycles. The van der Waals surface area contributed by atoms with Gasteiger partial charge in [-0.05, 0) is 25.0 Å². The molecule has 0 aliphatic heterocycles. The molecule has 136 valence electrons.